The minimum Gasteiger partial charge on any atom is -0.325 e. The molecule has 0 fully saturated rings. The van der Waals surface area contributed by atoms with E-state index in [2.05, 4.69) is 15.5 Å². The highest BCUT2D eigenvalue weighted by Gasteiger charge is 2.15. The van der Waals surface area contributed by atoms with Crippen LogP contribution in [0.4, 0.5) is 5.69 Å². The number of nitrogens with one attached hydrogen (secondary N) is 1. The third-order valence-electron chi connectivity index (χ3n) is 4.30. The molecule has 1 aromatic heterocycles. The molecule has 4 aromatic rings. The van der Waals surface area contributed by atoms with Crippen LogP contribution >= 0.6 is 35.0 Å². The van der Waals surface area contributed by atoms with Gasteiger partial charge in [-0.3, -0.25) is 4.79 Å². The van der Waals surface area contributed by atoms with Crippen LogP contribution in [0.15, 0.2) is 84.0 Å². The van der Waals surface area contributed by atoms with Crippen molar-refractivity contribution in [2.45, 2.75) is 5.16 Å². The van der Waals surface area contributed by atoms with E-state index in [1.54, 1.807) is 18.2 Å². The molecule has 8 heteroatoms. The lowest BCUT2D eigenvalue weighted by Crippen LogP contribution is -2.14. The van der Waals surface area contributed by atoms with Gasteiger partial charge in [0.2, 0.25) is 11.1 Å². The Hall–Kier alpha value is -2.93. The summed E-state index contributed by atoms with van der Waals surface area (Å²) in [5.74, 6) is -0.0821. The Morgan fingerprint density at radius 2 is 1.45 bits per heavy atom. The molecule has 0 radical (unpaired) electrons. The van der Waals surface area contributed by atoms with Gasteiger partial charge in [-0.05, 0) is 18.2 Å². The molecule has 0 saturated heterocycles. The predicted molar refractivity (Wildman–Crippen MR) is 127 cm³/mol. The number of rotatable bonds is 6. The lowest BCUT2D eigenvalue weighted by atomic mass is 10.0. The van der Waals surface area contributed by atoms with E-state index in [0.717, 1.165) is 11.1 Å². The molecule has 0 aliphatic carbocycles. The Bertz CT molecular complexity index is 1210. The molecule has 0 spiro atoms. The van der Waals surface area contributed by atoms with Gasteiger partial charge in [0.1, 0.15) is 11.4 Å². The summed E-state index contributed by atoms with van der Waals surface area (Å²) in [6, 6.07) is 24.5. The summed E-state index contributed by atoms with van der Waals surface area (Å²) in [5.41, 5.74) is 3.84. The van der Waals surface area contributed by atoms with Crippen molar-refractivity contribution in [3.63, 3.8) is 0 Å². The fraction of sp³-hybridized carbons (Fsp3) is 0.0435. The van der Waals surface area contributed by atoms with Crippen LogP contribution in [0.3, 0.4) is 0 Å². The van der Waals surface area contributed by atoms with E-state index in [1.165, 1.54) is 11.8 Å². The summed E-state index contributed by atoms with van der Waals surface area (Å²) >= 11 is 13.1. The fourth-order valence-corrected chi connectivity index (χ4v) is 3.75. The number of anilines is 1. The quantitative estimate of drug-likeness (QED) is 0.340. The number of amides is 1. The molecule has 154 valence electrons. The SMILES string of the molecule is O=C(CSc1nnc(-c2ccccc2)c(-c2ccccc2)n1)Nc1ccc(Cl)c(Cl)c1. The van der Waals surface area contributed by atoms with Gasteiger partial charge in [0.15, 0.2) is 0 Å². The van der Waals surface area contributed by atoms with Gasteiger partial charge in [-0.15, -0.1) is 10.2 Å². The minimum absolute atomic E-state index is 0.126. The Morgan fingerprint density at radius 3 is 2.10 bits per heavy atom. The molecule has 4 rings (SSSR count). The molecule has 1 amide bonds. The van der Waals surface area contributed by atoms with Gasteiger partial charge in [0.05, 0.1) is 15.8 Å². The molecule has 0 aliphatic rings. The predicted octanol–water partition coefficient (Wildman–Crippen LogP) is 6.24. The first-order chi connectivity index (χ1) is 15.1. The third-order valence-corrected chi connectivity index (χ3v) is 5.87. The lowest BCUT2D eigenvalue weighted by Gasteiger charge is -2.10. The van der Waals surface area contributed by atoms with E-state index >= 15 is 0 Å². The molecule has 1 heterocycles. The van der Waals surface area contributed by atoms with E-state index in [-0.39, 0.29) is 11.7 Å². The molecule has 0 bridgehead atoms. The lowest BCUT2D eigenvalue weighted by molar-refractivity contribution is -0.113. The summed E-state index contributed by atoms with van der Waals surface area (Å²) in [6.45, 7) is 0. The molecule has 0 atom stereocenters. The van der Waals surface area contributed by atoms with Crippen molar-refractivity contribution in [3.05, 3.63) is 88.9 Å². The Labute approximate surface area is 193 Å². The van der Waals surface area contributed by atoms with Crippen molar-refractivity contribution in [2.24, 2.45) is 0 Å². The molecular formula is C23H16Cl2N4OS. The van der Waals surface area contributed by atoms with Crippen molar-refractivity contribution < 1.29 is 4.79 Å². The zero-order valence-corrected chi connectivity index (χ0v) is 18.5. The first-order valence-electron chi connectivity index (χ1n) is 9.33. The highest BCUT2D eigenvalue weighted by molar-refractivity contribution is 7.99. The van der Waals surface area contributed by atoms with Crippen LogP contribution in [0.1, 0.15) is 0 Å². The first kappa shape index (κ1) is 21.3. The van der Waals surface area contributed by atoms with Gasteiger partial charge in [-0.1, -0.05) is 95.6 Å². The number of aromatic nitrogens is 3. The number of benzene rings is 3. The summed E-state index contributed by atoms with van der Waals surface area (Å²) in [4.78, 5) is 17.0. The highest BCUT2D eigenvalue weighted by atomic mass is 35.5. The van der Waals surface area contributed by atoms with E-state index in [1.807, 2.05) is 60.7 Å². The maximum atomic E-state index is 12.3. The third kappa shape index (κ3) is 5.41. The fourth-order valence-electron chi connectivity index (χ4n) is 2.86. The van der Waals surface area contributed by atoms with Crippen molar-refractivity contribution in [3.8, 4) is 22.5 Å². The number of carbonyl (C=O) groups is 1. The molecule has 31 heavy (non-hydrogen) atoms. The van der Waals surface area contributed by atoms with Crippen LogP contribution in [0, 0.1) is 0 Å². The van der Waals surface area contributed by atoms with Gasteiger partial charge in [-0.25, -0.2) is 4.98 Å². The van der Waals surface area contributed by atoms with Gasteiger partial charge < -0.3 is 5.32 Å². The summed E-state index contributed by atoms with van der Waals surface area (Å²) in [6.07, 6.45) is 0. The number of carbonyl (C=O) groups excluding carboxylic acids is 1. The van der Waals surface area contributed by atoms with Crippen molar-refractivity contribution >= 4 is 46.6 Å². The van der Waals surface area contributed by atoms with E-state index in [4.69, 9.17) is 28.2 Å². The maximum absolute atomic E-state index is 12.3. The molecule has 1 N–H and O–H groups in total. The zero-order valence-electron chi connectivity index (χ0n) is 16.1. The number of thioether (sulfide) groups is 1. The van der Waals surface area contributed by atoms with Gasteiger partial charge in [0, 0.05) is 16.8 Å². The smallest absolute Gasteiger partial charge is 0.234 e. The largest absolute Gasteiger partial charge is 0.325 e. The normalized spacial score (nSPS) is 10.6. The van der Waals surface area contributed by atoms with Crippen molar-refractivity contribution in [2.75, 3.05) is 11.1 Å². The van der Waals surface area contributed by atoms with Crippen LogP contribution in [0.2, 0.25) is 10.0 Å². The van der Waals surface area contributed by atoms with Gasteiger partial charge in [-0.2, -0.15) is 0 Å². The van der Waals surface area contributed by atoms with Crippen LogP contribution in [0.25, 0.3) is 22.5 Å². The monoisotopic (exact) mass is 466 g/mol. The van der Waals surface area contributed by atoms with Crippen molar-refractivity contribution in [1.29, 1.82) is 0 Å². The van der Waals surface area contributed by atoms with E-state index in [0.29, 0.717) is 32.3 Å². The molecule has 0 saturated carbocycles. The Balaban J connectivity index is 1.54. The molecule has 5 nitrogen and oxygen atoms in total. The summed E-state index contributed by atoms with van der Waals surface area (Å²) in [5, 5.41) is 12.7. The number of halogens is 2. The van der Waals surface area contributed by atoms with Crippen molar-refractivity contribution in [1.82, 2.24) is 15.2 Å². The highest BCUT2D eigenvalue weighted by Crippen LogP contribution is 2.30. The summed E-state index contributed by atoms with van der Waals surface area (Å²) in [7, 11) is 0. The topological polar surface area (TPSA) is 67.8 Å². The van der Waals surface area contributed by atoms with E-state index in [9.17, 15) is 4.79 Å². The summed E-state index contributed by atoms with van der Waals surface area (Å²) < 4.78 is 0. The maximum Gasteiger partial charge on any atom is 0.234 e. The zero-order chi connectivity index (χ0) is 21.6. The van der Waals surface area contributed by atoms with Gasteiger partial charge in [0.25, 0.3) is 0 Å². The second-order valence-electron chi connectivity index (χ2n) is 6.49. The Kier molecular flexibility index (Phi) is 6.82. The van der Waals surface area contributed by atoms with Crippen LogP contribution in [0.5, 0.6) is 0 Å². The van der Waals surface area contributed by atoms with Crippen LogP contribution in [-0.4, -0.2) is 26.8 Å². The molecule has 0 unspecified atom stereocenters. The van der Waals surface area contributed by atoms with Crippen LogP contribution < -0.4 is 5.32 Å². The molecule has 0 aliphatic heterocycles. The first-order valence-corrected chi connectivity index (χ1v) is 11.1. The Morgan fingerprint density at radius 1 is 0.806 bits per heavy atom. The second-order valence-corrected chi connectivity index (χ2v) is 8.25. The standard InChI is InChI=1S/C23H16Cl2N4OS/c24-18-12-11-17(13-19(18)25)26-20(30)14-31-23-27-21(15-7-3-1-4-8-15)22(28-29-23)16-9-5-2-6-10-16/h1-13H,14H2,(H,26,30). The second kappa shape index (κ2) is 9.92. The molecular weight excluding hydrogens is 451 g/mol. The number of hydrogen-bond donors (Lipinski definition) is 1. The number of hydrogen-bond acceptors (Lipinski definition) is 5. The average molecular weight is 467 g/mol. The van der Waals surface area contributed by atoms with E-state index < -0.39 is 0 Å². The minimum atomic E-state index is -0.208. The van der Waals surface area contributed by atoms with Crippen LogP contribution in [-0.2, 0) is 4.79 Å². The van der Waals surface area contributed by atoms with Gasteiger partial charge >= 0.3 is 0 Å². The number of nitrogens with zero attached hydrogens (tertiary/aromatic N) is 3. The molecule has 3 aromatic carbocycles. The average Bonchev–Trinajstić information content (AvgIpc) is 2.81.